The number of aryl methyl sites for hydroxylation is 1. The maximum Gasteiger partial charge on any atom is 0.132 e. The van der Waals surface area contributed by atoms with Crippen molar-refractivity contribution in [3.63, 3.8) is 0 Å². The molecule has 1 heterocycles. The molecule has 3 nitrogen and oxygen atoms in total. The van der Waals surface area contributed by atoms with Gasteiger partial charge in [-0.05, 0) is 18.6 Å². The first kappa shape index (κ1) is 19.7. The van der Waals surface area contributed by atoms with Gasteiger partial charge in [-0.25, -0.2) is 4.39 Å². The molecule has 22 heavy (non-hydrogen) atoms. The molecular weight excluding hydrogens is 326 g/mol. The molecule has 1 atom stereocenters. The van der Waals surface area contributed by atoms with Crippen LogP contribution in [0.5, 0.6) is 0 Å². The Morgan fingerprint density at radius 3 is 2.50 bits per heavy atom. The number of piperazine rings is 1. The van der Waals surface area contributed by atoms with Gasteiger partial charge in [-0.2, -0.15) is 0 Å². The van der Waals surface area contributed by atoms with Gasteiger partial charge in [-0.1, -0.05) is 31.5 Å². The minimum absolute atomic E-state index is 0. The first-order valence-electron chi connectivity index (χ1n) is 7.38. The fraction of sp³-hybridized carbons (Fsp3) is 0.625. The predicted molar refractivity (Wildman–Crippen MR) is 91.4 cm³/mol. The average molecular weight is 351 g/mol. The van der Waals surface area contributed by atoms with Crippen molar-refractivity contribution >= 4 is 24.0 Å². The maximum atomic E-state index is 14.7. The first-order chi connectivity index (χ1) is 9.88. The quantitative estimate of drug-likeness (QED) is 0.875. The number of halogens is 3. The minimum Gasteiger partial charge on any atom is -0.396 e. The molecule has 0 amide bonds. The molecule has 0 saturated carbocycles. The van der Waals surface area contributed by atoms with Crippen LogP contribution in [0.3, 0.4) is 0 Å². The summed E-state index contributed by atoms with van der Waals surface area (Å²) in [7, 11) is 0. The van der Waals surface area contributed by atoms with Crippen molar-refractivity contribution in [1.82, 2.24) is 10.2 Å². The zero-order valence-electron chi connectivity index (χ0n) is 13.3. The number of nitrogens with one attached hydrogen (secondary N) is 1. The van der Waals surface area contributed by atoms with E-state index in [1.165, 1.54) is 0 Å². The Kier molecular flexibility index (Phi) is 7.09. The minimum atomic E-state index is -0.477. The Hall–Kier alpha value is -0.390. The summed E-state index contributed by atoms with van der Waals surface area (Å²) in [5, 5.41) is 13.5. The van der Waals surface area contributed by atoms with E-state index in [1.54, 1.807) is 19.1 Å². The standard InChI is InChI=1S/C16H24ClFN2O.ClH/c1-11-4-5-12(17)13(14(11)18)15(16(2,3)10-21)20-8-6-19-7-9-20;/h4-5,15,19,21H,6-10H2,1-3H3;1H/t15-;/m1./s1. The average Bonchev–Trinajstić information content (AvgIpc) is 2.48. The van der Waals surface area contributed by atoms with Crippen LogP contribution >= 0.6 is 24.0 Å². The van der Waals surface area contributed by atoms with Crippen molar-refractivity contribution in [1.29, 1.82) is 0 Å². The lowest BCUT2D eigenvalue weighted by molar-refractivity contribution is 0.0286. The van der Waals surface area contributed by atoms with Crippen LogP contribution in [0.15, 0.2) is 12.1 Å². The highest BCUT2D eigenvalue weighted by atomic mass is 35.5. The third-order valence-electron chi connectivity index (χ3n) is 4.26. The molecule has 2 N–H and O–H groups in total. The van der Waals surface area contributed by atoms with Crippen LogP contribution in [0.4, 0.5) is 4.39 Å². The molecule has 0 aliphatic carbocycles. The molecule has 1 aromatic rings. The Morgan fingerprint density at radius 2 is 1.95 bits per heavy atom. The van der Waals surface area contributed by atoms with Crippen molar-refractivity contribution in [3.05, 3.63) is 34.1 Å². The topological polar surface area (TPSA) is 35.5 Å². The van der Waals surface area contributed by atoms with E-state index in [1.807, 2.05) is 13.8 Å². The van der Waals surface area contributed by atoms with Crippen LogP contribution in [-0.4, -0.2) is 42.8 Å². The SMILES string of the molecule is Cc1ccc(Cl)c([C@@H](N2CCNCC2)C(C)(C)CO)c1F.Cl. The predicted octanol–water partition coefficient (Wildman–Crippen LogP) is 3.17. The van der Waals surface area contributed by atoms with Gasteiger partial charge in [0.05, 0.1) is 0 Å². The zero-order valence-corrected chi connectivity index (χ0v) is 14.9. The van der Waals surface area contributed by atoms with Crippen molar-refractivity contribution in [2.24, 2.45) is 5.41 Å². The summed E-state index contributed by atoms with van der Waals surface area (Å²) in [5.41, 5.74) is 0.621. The van der Waals surface area contributed by atoms with Crippen LogP contribution < -0.4 is 5.32 Å². The molecule has 0 radical (unpaired) electrons. The molecule has 1 saturated heterocycles. The van der Waals surface area contributed by atoms with Gasteiger partial charge in [-0.3, -0.25) is 4.90 Å². The Morgan fingerprint density at radius 1 is 1.36 bits per heavy atom. The third kappa shape index (κ3) is 3.92. The smallest absolute Gasteiger partial charge is 0.132 e. The van der Waals surface area contributed by atoms with E-state index < -0.39 is 5.41 Å². The lowest BCUT2D eigenvalue weighted by Gasteiger charge is -2.44. The van der Waals surface area contributed by atoms with E-state index >= 15 is 0 Å². The summed E-state index contributed by atoms with van der Waals surface area (Å²) in [5.74, 6) is -0.257. The molecular formula is C16H25Cl2FN2O. The van der Waals surface area contributed by atoms with Crippen molar-refractivity contribution in [3.8, 4) is 0 Å². The molecule has 126 valence electrons. The number of hydrogen-bond acceptors (Lipinski definition) is 3. The second kappa shape index (κ2) is 7.93. The number of aliphatic hydroxyl groups is 1. The van der Waals surface area contributed by atoms with Crippen molar-refractivity contribution in [2.45, 2.75) is 26.8 Å². The summed E-state index contributed by atoms with van der Waals surface area (Å²) < 4.78 is 14.7. The Bertz CT molecular complexity index is 505. The van der Waals surface area contributed by atoms with Gasteiger partial charge in [0, 0.05) is 54.8 Å². The van der Waals surface area contributed by atoms with Crippen LogP contribution in [0, 0.1) is 18.2 Å². The second-order valence-corrected chi connectivity index (χ2v) is 6.83. The molecule has 1 aromatic carbocycles. The van der Waals surface area contributed by atoms with Gasteiger partial charge < -0.3 is 10.4 Å². The van der Waals surface area contributed by atoms with E-state index in [-0.39, 0.29) is 30.9 Å². The van der Waals surface area contributed by atoms with E-state index in [0.717, 1.165) is 26.2 Å². The van der Waals surface area contributed by atoms with E-state index in [9.17, 15) is 9.50 Å². The summed E-state index contributed by atoms with van der Waals surface area (Å²) in [6.07, 6.45) is 0. The van der Waals surface area contributed by atoms with Gasteiger partial charge in [-0.15, -0.1) is 12.4 Å². The van der Waals surface area contributed by atoms with Crippen LogP contribution in [0.1, 0.15) is 31.0 Å². The molecule has 1 fully saturated rings. The molecule has 2 rings (SSSR count). The van der Waals surface area contributed by atoms with E-state index in [4.69, 9.17) is 11.6 Å². The highest BCUT2D eigenvalue weighted by Gasteiger charge is 2.38. The lowest BCUT2D eigenvalue weighted by Crippen LogP contribution is -2.50. The molecule has 6 heteroatoms. The van der Waals surface area contributed by atoms with Crippen molar-refractivity contribution < 1.29 is 9.50 Å². The maximum absolute atomic E-state index is 14.7. The number of hydrogen-bond donors (Lipinski definition) is 2. The summed E-state index contributed by atoms with van der Waals surface area (Å²) in [4.78, 5) is 2.22. The summed E-state index contributed by atoms with van der Waals surface area (Å²) in [6, 6.07) is 3.21. The summed E-state index contributed by atoms with van der Waals surface area (Å²) in [6.45, 7) is 9.00. The van der Waals surface area contributed by atoms with Gasteiger partial charge in [0.25, 0.3) is 0 Å². The monoisotopic (exact) mass is 350 g/mol. The number of rotatable bonds is 4. The second-order valence-electron chi connectivity index (χ2n) is 6.43. The number of benzene rings is 1. The number of nitrogens with zero attached hydrogens (tertiary/aromatic N) is 1. The Balaban J connectivity index is 0.00000242. The largest absolute Gasteiger partial charge is 0.396 e. The van der Waals surface area contributed by atoms with Gasteiger partial charge >= 0.3 is 0 Å². The summed E-state index contributed by atoms with van der Waals surface area (Å²) >= 11 is 6.31. The molecule has 1 aliphatic heterocycles. The van der Waals surface area contributed by atoms with Crippen LogP contribution in [-0.2, 0) is 0 Å². The first-order valence-corrected chi connectivity index (χ1v) is 7.76. The zero-order chi connectivity index (χ0) is 15.6. The fourth-order valence-electron chi connectivity index (χ4n) is 3.02. The van der Waals surface area contributed by atoms with Crippen LogP contribution in [0.25, 0.3) is 0 Å². The molecule has 0 spiro atoms. The lowest BCUT2D eigenvalue weighted by atomic mass is 9.79. The molecule has 0 aromatic heterocycles. The Labute approximate surface area is 143 Å². The third-order valence-corrected chi connectivity index (χ3v) is 4.59. The highest BCUT2D eigenvalue weighted by Crippen LogP contribution is 2.42. The highest BCUT2D eigenvalue weighted by molar-refractivity contribution is 6.31. The van der Waals surface area contributed by atoms with Gasteiger partial charge in [0.1, 0.15) is 5.82 Å². The number of aliphatic hydroxyl groups excluding tert-OH is 1. The normalized spacial score (nSPS) is 17.9. The van der Waals surface area contributed by atoms with Crippen LogP contribution in [0.2, 0.25) is 5.02 Å². The fourth-order valence-corrected chi connectivity index (χ4v) is 3.27. The van der Waals surface area contributed by atoms with Gasteiger partial charge in [0.2, 0.25) is 0 Å². The van der Waals surface area contributed by atoms with Crippen molar-refractivity contribution in [2.75, 3.05) is 32.8 Å². The van der Waals surface area contributed by atoms with Gasteiger partial charge in [0.15, 0.2) is 0 Å². The van der Waals surface area contributed by atoms with E-state index in [0.29, 0.717) is 16.1 Å². The molecule has 1 aliphatic rings. The molecule has 0 bridgehead atoms. The van der Waals surface area contributed by atoms with E-state index in [2.05, 4.69) is 10.2 Å². The molecule has 0 unspecified atom stereocenters.